The third-order valence-electron chi connectivity index (χ3n) is 12.1. The standard InChI is InChI=1S/C51H97O4P/c1-9-11-13-15-17-19-21-23-25-27-29-31-33-35-37-39-41-48-46(43-47(50(3,4)5)44-49(48)51(6,7)8)45-56(53,55-52)54-42-40-38-36-34-32-30-28-26-24-22-20-18-16-14-12-10-2/h43-44,52H,9-42,45H2,1-8H3. The van der Waals surface area contributed by atoms with Crippen LogP contribution < -0.4 is 0 Å². The number of hydrogen-bond acceptors (Lipinski definition) is 4. The van der Waals surface area contributed by atoms with Gasteiger partial charge in [0.25, 0.3) is 0 Å². The first kappa shape index (κ1) is 53.3. The maximum Gasteiger partial charge on any atom is 0.362 e. The largest absolute Gasteiger partial charge is 0.362 e. The molecule has 0 spiro atoms. The normalized spacial score (nSPS) is 13.4. The van der Waals surface area contributed by atoms with Crippen molar-refractivity contribution in [1.29, 1.82) is 0 Å². The van der Waals surface area contributed by atoms with Crippen molar-refractivity contribution in [1.82, 2.24) is 0 Å². The van der Waals surface area contributed by atoms with Crippen molar-refractivity contribution in [3.63, 3.8) is 0 Å². The summed E-state index contributed by atoms with van der Waals surface area (Å²) in [6, 6.07) is 4.61. The van der Waals surface area contributed by atoms with Crippen LogP contribution in [0.5, 0.6) is 0 Å². The highest BCUT2D eigenvalue weighted by Crippen LogP contribution is 2.52. The fourth-order valence-electron chi connectivity index (χ4n) is 8.28. The third-order valence-corrected chi connectivity index (χ3v) is 13.6. The molecule has 4 nitrogen and oxygen atoms in total. The van der Waals surface area contributed by atoms with Crippen LogP contribution in [0.1, 0.15) is 283 Å². The molecule has 5 heteroatoms. The van der Waals surface area contributed by atoms with Gasteiger partial charge in [-0.1, -0.05) is 260 Å². The molecule has 1 aromatic rings. The van der Waals surface area contributed by atoms with Gasteiger partial charge in [-0.15, -0.1) is 0 Å². The zero-order valence-corrected chi connectivity index (χ0v) is 39.9. The lowest BCUT2D eigenvalue weighted by Crippen LogP contribution is -2.20. The minimum atomic E-state index is -3.70. The Kier molecular flexibility index (Phi) is 31.5. The molecule has 0 fully saturated rings. The van der Waals surface area contributed by atoms with E-state index in [1.165, 1.54) is 203 Å². The Balaban J connectivity index is 2.53. The van der Waals surface area contributed by atoms with E-state index in [-0.39, 0.29) is 17.0 Å². The smallest absolute Gasteiger partial charge is 0.307 e. The van der Waals surface area contributed by atoms with E-state index in [1.807, 2.05) is 0 Å². The lowest BCUT2D eigenvalue weighted by molar-refractivity contribution is -0.149. The molecule has 0 aliphatic heterocycles. The molecular weight excluding hydrogens is 708 g/mol. The van der Waals surface area contributed by atoms with Crippen molar-refractivity contribution in [2.24, 2.45) is 0 Å². The Hall–Kier alpha value is -0.670. The van der Waals surface area contributed by atoms with Gasteiger partial charge in [0.05, 0.1) is 12.8 Å². The van der Waals surface area contributed by atoms with Crippen molar-refractivity contribution in [3.8, 4) is 0 Å². The topological polar surface area (TPSA) is 55.8 Å². The molecule has 0 saturated heterocycles. The average Bonchev–Trinajstić information content (AvgIpc) is 3.15. The first-order chi connectivity index (χ1) is 26.9. The van der Waals surface area contributed by atoms with Crippen LogP contribution in [0.2, 0.25) is 0 Å². The van der Waals surface area contributed by atoms with Crippen LogP contribution in [0.3, 0.4) is 0 Å². The summed E-state index contributed by atoms with van der Waals surface area (Å²) < 4.78 is 24.6. The third kappa shape index (κ3) is 27.2. The van der Waals surface area contributed by atoms with Crippen molar-refractivity contribution in [2.45, 2.75) is 284 Å². The monoisotopic (exact) mass is 805 g/mol. The van der Waals surface area contributed by atoms with Gasteiger partial charge in [-0.25, -0.2) is 5.26 Å². The van der Waals surface area contributed by atoms with E-state index in [2.05, 4.69) is 67.5 Å². The van der Waals surface area contributed by atoms with Crippen molar-refractivity contribution < 1.29 is 19.0 Å². The molecule has 0 aromatic heterocycles. The van der Waals surface area contributed by atoms with Gasteiger partial charge in [-0.05, 0) is 52.3 Å². The molecule has 0 aliphatic rings. The van der Waals surface area contributed by atoms with Crippen LogP contribution >= 0.6 is 7.60 Å². The van der Waals surface area contributed by atoms with Gasteiger partial charge in [0.1, 0.15) is 0 Å². The number of benzene rings is 1. The number of hydrogen-bond donors (Lipinski definition) is 1. The maximum atomic E-state index is 13.9. The summed E-state index contributed by atoms with van der Waals surface area (Å²) in [6.07, 6.45) is 43.8. The second kappa shape index (κ2) is 33.1. The molecule has 0 saturated carbocycles. The maximum absolute atomic E-state index is 13.9. The van der Waals surface area contributed by atoms with Gasteiger partial charge in [-0.3, -0.25) is 4.57 Å². The molecule has 1 rings (SSSR count). The SMILES string of the molecule is CCCCCCCCCCCCCCCCCCOP(=O)(Cc1cc(C(C)(C)C)cc(C(C)(C)C)c1CCCCCCCCCCCCCCCCCC)OO. The molecule has 0 bridgehead atoms. The van der Waals surface area contributed by atoms with E-state index >= 15 is 0 Å². The molecule has 0 aliphatic carbocycles. The molecule has 1 atom stereocenters. The first-order valence-electron chi connectivity index (χ1n) is 24.6. The van der Waals surface area contributed by atoms with E-state index in [4.69, 9.17) is 9.20 Å². The summed E-state index contributed by atoms with van der Waals surface area (Å²) >= 11 is 0. The molecule has 1 aromatic carbocycles. The summed E-state index contributed by atoms with van der Waals surface area (Å²) in [5, 5.41) is 9.97. The highest BCUT2D eigenvalue weighted by atomic mass is 31.2. The van der Waals surface area contributed by atoms with E-state index in [1.54, 1.807) is 0 Å². The summed E-state index contributed by atoms with van der Waals surface area (Å²) in [5.74, 6) is 0. The Morgan fingerprint density at radius 2 is 0.821 bits per heavy atom. The van der Waals surface area contributed by atoms with Gasteiger partial charge in [-0.2, -0.15) is 4.67 Å². The summed E-state index contributed by atoms with van der Waals surface area (Å²) in [4.78, 5) is 0. The molecule has 1 N–H and O–H groups in total. The van der Waals surface area contributed by atoms with Crippen molar-refractivity contribution in [3.05, 3.63) is 34.4 Å². The van der Waals surface area contributed by atoms with Crippen LogP contribution in [-0.2, 0) is 37.2 Å². The zero-order valence-electron chi connectivity index (χ0n) is 39.0. The molecular formula is C51H97O4P. The number of rotatable bonds is 38. The van der Waals surface area contributed by atoms with Crippen LogP contribution in [0.15, 0.2) is 12.1 Å². The lowest BCUT2D eigenvalue weighted by atomic mass is 9.76. The number of unbranched alkanes of at least 4 members (excludes halogenated alkanes) is 30. The van der Waals surface area contributed by atoms with Gasteiger partial charge >= 0.3 is 7.60 Å². The van der Waals surface area contributed by atoms with E-state index < -0.39 is 7.60 Å². The molecule has 0 heterocycles. The van der Waals surface area contributed by atoms with Gasteiger partial charge in [0, 0.05) is 0 Å². The molecule has 0 radical (unpaired) electrons. The van der Waals surface area contributed by atoms with Crippen LogP contribution in [0, 0.1) is 0 Å². The second-order valence-electron chi connectivity index (χ2n) is 19.7. The molecule has 0 amide bonds. The highest BCUT2D eigenvalue weighted by Gasteiger charge is 2.31. The Morgan fingerprint density at radius 3 is 1.14 bits per heavy atom. The quantitative estimate of drug-likeness (QED) is 0.0313. The highest BCUT2D eigenvalue weighted by molar-refractivity contribution is 7.52. The first-order valence-corrected chi connectivity index (χ1v) is 26.3. The van der Waals surface area contributed by atoms with Gasteiger partial charge in [0.15, 0.2) is 0 Å². The molecule has 56 heavy (non-hydrogen) atoms. The molecule has 330 valence electrons. The van der Waals surface area contributed by atoms with E-state index in [0.717, 1.165) is 31.2 Å². The van der Waals surface area contributed by atoms with Crippen molar-refractivity contribution >= 4 is 7.60 Å². The predicted octanol–water partition coefficient (Wildman–Crippen LogP) is 18.5. The molecule has 1 unspecified atom stereocenters. The van der Waals surface area contributed by atoms with Crippen LogP contribution in [0.25, 0.3) is 0 Å². The summed E-state index contributed by atoms with van der Waals surface area (Å²) in [6.45, 7) is 18.5. The fraction of sp³-hybridized carbons (Fsp3) is 0.882. The minimum Gasteiger partial charge on any atom is -0.307 e. The Bertz CT molecular complexity index is 1100. The van der Waals surface area contributed by atoms with E-state index in [0.29, 0.717) is 6.61 Å². The predicted molar refractivity (Wildman–Crippen MR) is 248 cm³/mol. The average molecular weight is 805 g/mol. The summed E-state index contributed by atoms with van der Waals surface area (Å²) in [5.41, 5.74) is 4.74. The van der Waals surface area contributed by atoms with Gasteiger partial charge < -0.3 is 4.52 Å². The fourth-order valence-corrected chi connectivity index (χ4v) is 9.58. The minimum absolute atomic E-state index is 0.0556. The van der Waals surface area contributed by atoms with E-state index in [9.17, 15) is 9.82 Å². The lowest BCUT2D eigenvalue weighted by Gasteiger charge is -2.30. The Morgan fingerprint density at radius 1 is 0.482 bits per heavy atom. The van der Waals surface area contributed by atoms with Crippen molar-refractivity contribution in [2.75, 3.05) is 6.61 Å². The van der Waals surface area contributed by atoms with Crippen LogP contribution in [0.4, 0.5) is 0 Å². The summed E-state index contributed by atoms with van der Waals surface area (Å²) in [7, 11) is -3.70. The Labute approximate surface area is 350 Å². The second-order valence-corrected chi connectivity index (χ2v) is 21.7. The van der Waals surface area contributed by atoms with Gasteiger partial charge in [0.2, 0.25) is 0 Å². The van der Waals surface area contributed by atoms with Crippen LogP contribution in [-0.4, -0.2) is 11.9 Å². The zero-order chi connectivity index (χ0) is 41.4.